The Labute approximate surface area is 127 Å². The first-order valence-electron chi connectivity index (χ1n) is 6.98. The van der Waals surface area contributed by atoms with Crippen LogP contribution >= 0.6 is 0 Å². The van der Waals surface area contributed by atoms with Gasteiger partial charge in [0.2, 0.25) is 0 Å². The number of rotatable bonds is 6. The van der Waals surface area contributed by atoms with Gasteiger partial charge in [-0.15, -0.1) is 0 Å². The van der Waals surface area contributed by atoms with Crippen molar-refractivity contribution in [2.45, 2.75) is 32.9 Å². The Morgan fingerprint density at radius 1 is 1.23 bits per heavy atom. The third-order valence-electron chi connectivity index (χ3n) is 3.22. The number of carbonyl (C=O) groups is 1. The van der Waals surface area contributed by atoms with Crippen LogP contribution in [0.5, 0.6) is 0 Å². The lowest BCUT2D eigenvalue weighted by Gasteiger charge is -2.21. The average molecular weight is 318 g/mol. The third kappa shape index (κ3) is 5.93. The highest BCUT2D eigenvalue weighted by molar-refractivity contribution is 5.90. The van der Waals surface area contributed by atoms with Gasteiger partial charge in [0, 0.05) is 13.2 Å². The number of aliphatic hydroxyl groups excluding tert-OH is 1. The van der Waals surface area contributed by atoms with E-state index in [9.17, 15) is 18.0 Å². The van der Waals surface area contributed by atoms with Gasteiger partial charge in [-0.25, -0.2) is 4.79 Å². The molecule has 0 heterocycles. The summed E-state index contributed by atoms with van der Waals surface area (Å²) in [6.45, 7) is 4.15. The van der Waals surface area contributed by atoms with E-state index in [0.717, 1.165) is 6.07 Å². The Kier molecular flexibility index (Phi) is 6.22. The summed E-state index contributed by atoms with van der Waals surface area (Å²) in [6, 6.07) is 4.13. The molecule has 22 heavy (non-hydrogen) atoms. The number of aliphatic hydroxyl groups is 1. The van der Waals surface area contributed by atoms with Crippen LogP contribution in [0.15, 0.2) is 24.3 Å². The zero-order valence-corrected chi connectivity index (χ0v) is 12.6. The summed E-state index contributed by atoms with van der Waals surface area (Å²) in [4.78, 5) is 11.6. The minimum Gasteiger partial charge on any atom is -0.396 e. The maximum atomic E-state index is 12.8. The first-order valence-corrected chi connectivity index (χ1v) is 6.98. The average Bonchev–Trinajstić information content (AvgIpc) is 2.43. The number of alkyl halides is 3. The molecule has 0 radical (unpaired) electrons. The molecule has 0 unspecified atom stereocenters. The highest BCUT2D eigenvalue weighted by atomic mass is 19.4. The molecule has 1 aromatic rings. The van der Waals surface area contributed by atoms with E-state index < -0.39 is 17.8 Å². The lowest BCUT2D eigenvalue weighted by atomic mass is 9.89. The number of nitrogens with one attached hydrogen (secondary N) is 2. The number of halogens is 3. The van der Waals surface area contributed by atoms with Crippen molar-refractivity contribution in [3.63, 3.8) is 0 Å². The van der Waals surface area contributed by atoms with Gasteiger partial charge < -0.3 is 15.7 Å². The second kappa shape index (κ2) is 7.49. The van der Waals surface area contributed by atoms with Crippen molar-refractivity contribution in [1.82, 2.24) is 5.32 Å². The molecule has 4 nitrogen and oxygen atoms in total. The van der Waals surface area contributed by atoms with E-state index in [2.05, 4.69) is 10.6 Å². The van der Waals surface area contributed by atoms with Crippen molar-refractivity contribution >= 4 is 11.7 Å². The van der Waals surface area contributed by atoms with Gasteiger partial charge in [-0.05, 0) is 30.4 Å². The number of hydrogen-bond donors (Lipinski definition) is 3. The van der Waals surface area contributed by atoms with Crippen LogP contribution in [0.25, 0.3) is 0 Å². The number of hydrogen-bond acceptors (Lipinski definition) is 2. The molecular weight excluding hydrogens is 297 g/mol. The summed E-state index contributed by atoms with van der Waals surface area (Å²) >= 11 is 0. The fraction of sp³-hybridized carbons (Fsp3) is 0.533. The van der Waals surface area contributed by atoms with Crippen molar-refractivity contribution in [1.29, 1.82) is 0 Å². The summed E-state index contributed by atoms with van der Waals surface area (Å²) in [5.41, 5.74) is -1.39. The van der Waals surface area contributed by atoms with E-state index in [1.165, 1.54) is 18.2 Å². The predicted octanol–water partition coefficient (Wildman–Crippen LogP) is 3.63. The van der Waals surface area contributed by atoms with Crippen molar-refractivity contribution in [2.75, 3.05) is 18.5 Å². The number of carbonyl (C=O) groups excluding carboxylic acids is 1. The van der Waals surface area contributed by atoms with Crippen LogP contribution in [-0.2, 0) is 6.18 Å². The number of para-hydroxylation sites is 1. The molecule has 0 aliphatic rings. The van der Waals surface area contributed by atoms with Gasteiger partial charge in [-0.2, -0.15) is 13.2 Å². The molecule has 0 fully saturated rings. The van der Waals surface area contributed by atoms with Gasteiger partial charge in [0.1, 0.15) is 0 Å². The van der Waals surface area contributed by atoms with Crippen molar-refractivity contribution < 1.29 is 23.1 Å². The fourth-order valence-electron chi connectivity index (χ4n) is 1.85. The van der Waals surface area contributed by atoms with E-state index >= 15 is 0 Å². The summed E-state index contributed by atoms with van der Waals surface area (Å²) < 4.78 is 38.3. The molecule has 0 saturated carbocycles. The summed E-state index contributed by atoms with van der Waals surface area (Å²) in [7, 11) is 0. The molecule has 0 aliphatic carbocycles. The Morgan fingerprint density at radius 2 is 1.86 bits per heavy atom. The van der Waals surface area contributed by atoms with Crippen LogP contribution < -0.4 is 10.6 Å². The third-order valence-corrected chi connectivity index (χ3v) is 3.22. The Morgan fingerprint density at radius 3 is 2.45 bits per heavy atom. The zero-order valence-electron chi connectivity index (χ0n) is 12.6. The fourth-order valence-corrected chi connectivity index (χ4v) is 1.85. The Bertz CT molecular complexity index is 502. The number of benzene rings is 1. The first-order chi connectivity index (χ1) is 10.2. The first kappa shape index (κ1) is 18.3. The molecule has 0 bridgehead atoms. The smallest absolute Gasteiger partial charge is 0.396 e. The monoisotopic (exact) mass is 318 g/mol. The van der Waals surface area contributed by atoms with Crippen molar-refractivity contribution in [3.8, 4) is 0 Å². The van der Waals surface area contributed by atoms with Crippen molar-refractivity contribution in [2.24, 2.45) is 5.41 Å². The molecule has 1 aromatic carbocycles. The van der Waals surface area contributed by atoms with Crippen molar-refractivity contribution in [3.05, 3.63) is 29.8 Å². The van der Waals surface area contributed by atoms with Crippen LogP contribution in [0.1, 0.15) is 32.3 Å². The largest absolute Gasteiger partial charge is 0.418 e. The van der Waals surface area contributed by atoms with E-state index in [1.54, 1.807) is 0 Å². The van der Waals surface area contributed by atoms with E-state index in [0.29, 0.717) is 19.4 Å². The highest BCUT2D eigenvalue weighted by Gasteiger charge is 2.33. The molecule has 0 aromatic heterocycles. The van der Waals surface area contributed by atoms with Gasteiger partial charge in [-0.1, -0.05) is 26.0 Å². The lowest BCUT2D eigenvalue weighted by Crippen LogP contribution is -2.31. The molecule has 2 amide bonds. The van der Waals surface area contributed by atoms with Crippen LogP contribution in [-0.4, -0.2) is 24.3 Å². The topological polar surface area (TPSA) is 61.4 Å². The second-order valence-corrected chi connectivity index (χ2v) is 5.85. The SMILES string of the molecule is CC(C)(CO)CCCNC(=O)Nc1ccccc1C(F)(F)F. The maximum Gasteiger partial charge on any atom is 0.418 e. The molecule has 7 heteroatoms. The summed E-state index contributed by atoms with van der Waals surface area (Å²) in [5, 5.41) is 13.8. The molecule has 124 valence electrons. The number of anilines is 1. The molecule has 0 spiro atoms. The lowest BCUT2D eigenvalue weighted by molar-refractivity contribution is -0.136. The minimum atomic E-state index is -4.52. The van der Waals surface area contributed by atoms with Crippen LogP contribution in [0.3, 0.4) is 0 Å². The van der Waals surface area contributed by atoms with E-state index in [4.69, 9.17) is 5.11 Å². The Balaban J connectivity index is 2.50. The summed E-state index contributed by atoms with van der Waals surface area (Å²) in [5.74, 6) is 0. The van der Waals surface area contributed by atoms with E-state index in [1.807, 2.05) is 13.8 Å². The molecule has 0 atom stereocenters. The number of amides is 2. The van der Waals surface area contributed by atoms with Gasteiger partial charge >= 0.3 is 12.2 Å². The summed E-state index contributed by atoms with van der Waals surface area (Å²) in [6.07, 6.45) is -3.19. The second-order valence-electron chi connectivity index (χ2n) is 5.85. The molecule has 3 N–H and O–H groups in total. The molecule has 0 aliphatic heterocycles. The molecule has 0 saturated heterocycles. The number of urea groups is 1. The molecular formula is C15H21F3N2O2. The van der Waals surface area contributed by atoms with Crippen LogP contribution in [0.4, 0.5) is 23.7 Å². The predicted molar refractivity (Wildman–Crippen MR) is 78.6 cm³/mol. The minimum absolute atomic E-state index is 0.0398. The van der Waals surface area contributed by atoms with E-state index in [-0.39, 0.29) is 17.7 Å². The Hall–Kier alpha value is -1.76. The standard InChI is InChI=1S/C15H21F3N2O2/c1-14(2,10-21)8-5-9-19-13(22)20-12-7-4-3-6-11(12)15(16,17)18/h3-4,6-7,21H,5,8-10H2,1-2H3,(H2,19,20,22). The van der Waals surface area contributed by atoms with Crippen LogP contribution in [0.2, 0.25) is 0 Å². The quantitative estimate of drug-likeness (QED) is 0.702. The maximum absolute atomic E-state index is 12.8. The molecule has 1 rings (SSSR count). The zero-order chi connectivity index (χ0) is 16.8. The van der Waals surface area contributed by atoms with Gasteiger partial charge in [-0.3, -0.25) is 0 Å². The normalized spacial score (nSPS) is 12.1. The van der Waals surface area contributed by atoms with Gasteiger partial charge in [0.15, 0.2) is 0 Å². The van der Waals surface area contributed by atoms with Gasteiger partial charge in [0.25, 0.3) is 0 Å². The highest BCUT2D eigenvalue weighted by Crippen LogP contribution is 2.34. The van der Waals surface area contributed by atoms with Gasteiger partial charge in [0.05, 0.1) is 11.3 Å². The van der Waals surface area contributed by atoms with Crippen LogP contribution in [0, 0.1) is 5.41 Å².